The molecule has 0 aliphatic rings. The van der Waals surface area contributed by atoms with Gasteiger partial charge in [-0.1, -0.05) is 29.8 Å². The second-order valence-corrected chi connectivity index (χ2v) is 6.04. The zero-order valence-electron chi connectivity index (χ0n) is 14.4. The van der Waals surface area contributed by atoms with Gasteiger partial charge in [-0.2, -0.15) is 0 Å². The molecule has 0 aliphatic carbocycles. The van der Waals surface area contributed by atoms with Crippen molar-refractivity contribution >= 4 is 5.91 Å². The Kier molecular flexibility index (Phi) is 5.45. The number of hydrogen-bond acceptors (Lipinski definition) is 4. The molecule has 1 N–H and O–H groups in total. The van der Waals surface area contributed by atoms with E-state index in [0.29, 0.717) is 18.1 Å². The maximum Gasteiger partial charge on any atom is 0.270 e. The van der Waals surface area contributed by atoms with Crippen LogP contribution in [0.15, 0.2) is 30.3 Å². The summed E-state index contributed by atoms with van der Waals surface area (Å²) >= 11 is 0. The number of rotatable bonds is 5. The summed E-state index contributed by atoms with van der Waals surface area (Å²) in [5, 5.41) is 2.98. The van der Waals surface area contributed by atoms with Crippen LogP contribution in [0.2, 0.25) is 0 Å². The Morgan fingerprint density at radius 1 is 1.13 bits per heavy atom. The topological polar surface area (TPSA) is 58.1 Å². The third-order valence-electron chi connectivity index (χ3n) is 3.74. The fourth-order valence-electron chi connectivity index (χ4n) is 2.50. The van der Waals surface area contributed by atoms with Crippen molar-refractivity contribution in [3.05, 3.63) is 58.7 Å². The van der Waals surface area contributed by atoms with Gasteiger partial charge in [0, 0.05) is 12.2 Å². The van der Waals surface area contributed by atoms with Gasteiger partial charge in [-0.3, -0.25) is 4.79 Å². The molecule has 0 fully saturated rings. The summed E-state index contributed by atoms with van der Waals surface area (Å²) in [4.78, 5) is 22.8. The third-order valence-corrected chi connectivity index (χ3v) is 3.74. The highest BCUT2D eigenvalue weighted by molar-refractivity contribution is 5.92. The van der Waals surface area contributed by atoms with Gasteiger partial charge in [-0.15, -0.1) is 0 Å². The smallest absolute Gasteiger partial charge is 0.270 e. The molecule has 0 spiro atoms. The Hall–Kier alpha value is -2.27. The molecule has 1 aromatic carbocycles. The van der Waals surface area contributed by atoms with E-state index in [-0.39, 0.29) is 11.9 Å². The molecule has 0 saturated carbocycles. The molecular weight excluding hydrogens is 288 g/mol. The van der Waals surface area contributed by atoms with E-state index in [0.717, 1.165) is 5.69 Å². The maximum absolute atomic E-state index is 12.3. The third kappa shape index (κ3) is 4.60. The zero-order chi connectivity index (χ0) is 17.0. The molecule has 0 saturated heterocycles. The van der Waals surface area contributed by atoms with Crippen molar-refractivity contribution in [3.63, 3.8) is 0 Å². The molecule has 2 aromatic rings. The van der Waals surface area contributed by atoms with Gasteiger partial charge in [0.25, 0.3) is 5.91 Å². The highest BCUT2D eigenvalue weighted by atomic mass is 16.1. The minimum absolute atomic E-state index is 0.114. The Morgan fingerprint density at radius 3 is 2.35 bits per heavy atom. The summed E-state index contributed by atoms with van der Waals surface area (Å²) in [7, 11) is 4.02. The van der Waals surface area contributed by atoms with Gasteiger partial charge < -0.3 is 10.2 Å². The molecule has 0 aliphatic heterocycles. The lowest BCUT2D eigenvalue weighted by Gasteiger charge is -2.25. The molecule has 5 heteroatoms. The lowest BCUT2D eigenvalue weighted by Crippen LogP contribution is -2.35. The van der Waals surface area contributed by atoms with Crippen molar-refractivity contribution in [2.75, 3.05) is 20.6 Å². The zero-order valence-corrected chi connectivity index (χ0v) is 14.4. The van der Waals surface area contributed by atoms with Crippen LogP contribution in [0.25, 0.3) is 0 Å². The molecule has 1 heterocycles. The average Bonchev–Trinajstić information content (AvgIpc) is 2.47. The lowest BCUT2D eigenvalue weighted by atomic mass is 10.0. The first-order valence-electron chi connectivity index (χ1n) is 7.70. The number of benzene rings is 1. The van der Waals surface area contributed by atoms with Crippen LogP contribution < -0.4 is 5.32 Å². The van der Waals surface area contributed by atoms with Gasteiger partial charge in [0.05, 0.1) is 6.04 Å². The number of carbonyl (C=O) groups is 1. The molecule has 1 aromatic heterocycles. The summed E-state index contributed by atoms with van der Waals surface area (Å²) in [5.41, 5.74) is 3.61. The highest BCUT2D eigenvalue weighted by Gasteiger charge is 2.16. The SMILES string of the molecule is Cc1ccc(C(CNC(=O)c2cc(C)nc(C)n2)N(C)C)cc1. The van der Waals surface area contributed by atoms with Gasteiger partial charge >= 0.3 is 0 Å². The summed E-state index contributed by atoms with van der Waals surface area (Å²) in [6, 6.07) is 10.2. The average molecular weight is 312 g/mol. The number of likely N-dealkylation sites (N-methyl/N-ethyl adjacent to an activating group) is 1. The standard InChI is InChI=1S/C18H24N4O/c1-12-6-8-15(9-7-12)17(22(4)5)11-19-18(23)16-10-13(2)20-14(3)21-16/h6-10,17H,11H2,1-5H3,(H,19,23). The number of aryl methyl sites for hydroxylation is 3. The van der Waals surface area contributed by atoms with Crippen molar-refractivity contribution in [2.45, 2.75) is 26.8 Å². The Balaban J connectivity index is 2.09. The Morgan fingerprint density at radius 2 is 1.78 bits per heavy atom. The molecule has 0 bridgehead atoms. The molecule has 23 heavy (non-hydrogen) atoms. The van der Waals surface area contributed by atoms with Crippen molar-refractivity contribution in [1.82, 2.24) is 20.2 Å². The summed E-state index contributed by atoms with van der Waals surface area (Å²) in [6.07, 6.45) is 0. The van der Waals surface area contributed by atoms with Crippen molar-refractivity contribution in [2.24, 2.45) is 0 Å². The first-order chi connectivity index (χ1) is 10.9. The van der Waals surface area contributed by atoms with E-state index in [1.165, 1.54) is 11.1 Å². The molecule has 1 amide bonds. The highest BCUT2D eigenvalue weighted by Crippen LogP contribution is 2.18. The Labute approximate surface area is 137 Å². The second-order valence-electron chi connectivity index (χ2n) is 6.04. The van der Waals surface area contributed by atoms with Crippen LogP contribution in [0, 0.1) is 20.8 Å². The van der Waals surface area contributed by atoms with Gasteiger partial charge in [0.2, 0.25) is 0 Å². The molecule has 1 atom stereocenters. The minimum atomic E-state index is -0.169. The first kappa shape index (κ1) is 17.1. The van der Waals surface area contributed by atoms with Crippen molar-refractivity contribution < 1.29 is 4.79 Å². The predicted molar refractivity (Wildman–Crippen MR) is 91.4 cm³/mol. The number of nitrogens with zero attached hydrogens (tertiary/aromatic N) is 3. The van der Waals surface area contributed by atoms with E-state index < -0.39 is 0 Å². The van der Waals surface area contributed by atoms with E-state index in [1.807, 2.05) is 21.0 Å². The van der Waals surface area contributed by atoms with Crippen LogP contribution in [-0.2, 0) is 0 Å². The van der Waals surface area contributed by atoms with Crippen LogP contribution in [0.3, 0.4) is 0 Å². The number of carbonyl (C=O) groups excluding carboxylic acids is 1. The molecule has 5 nitrogen and oxygen atoms in total. The van der Waals surface area contributed by atoms with Crippen molar-refractivity contribution in [3.8, 4) is 0 Å². The van der Waals surface area contributed by atoms with Crippen molar-refractivity contribution in [1.29, 1.82) is 0 Å². The first-order valence-corrected chi connectivity index (χ1v) is 7.70. The molecular formula is C18H24N4O. The normalized spacial score (nSPS) is 12.3. The quantitative estimate of drug-likeness (QED) is 0.921. The number of nitrogens with one attached hydrogen (secondary N) is 1. The second kappa shape index (κ2) is 7.33. The van der Waals surface area contributed by atoms with E-state index in [2.05, 4.69) is 51.4 Å². The maximum atomic E-state index is 12.3. The fraction of sp³-hybridized carbons (Fsp3) is 0.389. The van der Waals surface area contributed by atoms with Gasteiger partial charge in [-0.05, 0) is 46.5 Å². The van der Waals surface area contributed by atoms with E-state index in [1.54, 1.807) is 13.0 Å². The number of amides is 1. The van der Waals surface area contributed by atoms with Gasteiger partial charge in [-0.25, -0.2) is 9.97 Å². The van der Waals surface area contributed by atoms with Crippen LogP contribution in [0.4, 0.5) is 0 Å². The lowest BCUT2D eigenvalue weighted by molar-refractivity contribution is 0.0936. The molecule has 2 rings (SSSR count). The minimum Gasteiger partial charge on any atom is -0.349 e. The van der Waals surface area contributed by atoms with Crippen LogP contribution in [0.1, 0.15) is 39.2 Å². The monoisotopic (exact) mass is 312 g/mol. The van der Waals surface area contributed by atoms with E-state index in [9.17, 15) is 4.79 Å². The fourth-order valence-corrected chi connectivity index (χ4v) is 2.50. The van der Waals surface area contributed by atoms with Crippen LogP contribution in [-0.4, -0.2) is 41.4 Å². The van der Waals surface area contributed by atoms with Gasteiger partial charge in [0.15, 0.2) is 0 Å². The summed E-state index contributed by atoms with van der Waals surface area (Å²) in [5.74, 6) is 0.440. The van der Waals surface area contributed by atoms with E-state index >= 15 is 0 Å². The number of hydrogen-bond donors (Lipinski definition) is 1. The predicted octanol–water partition coefficient (Wildman–Crippen LogP) is 2.43. The molecule has 1 unspecified atom stereocenters. The molecule has 122 valence electrons. The largest absolute Gasteiger partial charge is 0.349 e. The summed E-state index contributed by atoms with van der Waals surface area (Å²) in [6.45, 7) is 6.24. The van der Waals surface area contributed by atoms with Crippen LogP contribution >= 0.6 is 0 Å². The number of aromatic nitrogens is 2. The molecule has 0 radical (unpaired) electrons. The van der Waals surface area contributed by atoms with E-state index in [4.69, 9.17) is 0 Å². The van der Waals surface area contributed by atoms with Crippen LogP contribution in [0.5, 0.6) is 0 Å². The van der Waals surface area contributed by atoms with Gasteiger partial charge in [0.1, 0.15) is 11.5 Å². The summed E-state index contributed by atoms with van der Waals surface area (Å²) < 4.78 is 0. The Bertz CT molecular complexity index is 660.